The predicted octanol–water partition coefficient (Wildman–Crippen LogP) is 3.68. The van der Waals surface area contributed by atoms with Crippen molar-refractivity contribution in [2.24, 2.45) is 0 Å². The molecule has 2 N–H and O–H groups in total. The van der Waals surface area contributed by atoms with Crippen LogP contribution in [0.25, 0.3) is 6.08 Å². The number of hydrogen-bond donors (Lipinski definition) is 2. The molecule has 0 unspecified atom stereocenters. The van der Waals surface area contributed by atoms with Crippen LogP contribution in [0.15, 0.2) is 24.3 Å². The van der Waals surface area contributed by atoms with Gasteiger partial charge in [-0.2, -0.15) is 0 Å². The fraction of sp³-hybridized carbons (Fsp3) is 0.565. The molecule has 0 bridgehead atoms. The van der Waals surface area contributed by atoms with Crippen LogP contribution < -0.4 is 10.8 Å². The summed E-state index contributed by atoms with van der Waals surface area (Å²) >= 11 is 0. The molecule has 31 heavy (non-hydrogen) atoms. The molecule has 0 aliphatic carbocycles. The van der Waals surface area contributed by atoms with Gasteiger partial charge in [-0.1, -0.05) is 30.4 Å². The predicted molar refractivity (Wildman–Crippen MR) is 121 cm³/mol. The van der Waals surface area contributed by atoms with Gasteiger partial charge in [0.2, 0.25) is 0 Å². The van der Waals surface area contributed by atoms with Crippen molar-refractivity contribution in [3.05, 3.63) is 35.4 Å². The number of hydrogen-bond acceptors (Lipinski definition) is 5. The monoisotopic (exact) mass is 431 g/mol. The lowest BCUT2D eigenvalue weighted by molar-refractivity contribution is -0.139. The summed E-state index contributed by atoms with van der Waals surface area (Å²) in [4.78, 5) is 23.4. The summed E-state index contributed by atoms with van der Waals surface area (Å²) in [5.41, 5.74) is 1.29. The Balaban J connectivity index is 2.10. The van der Waals surface area contributed by atoms with Gasteiger partial charge in [0.1, 0.15) is 11.6 Å². The Hall–Kier alpha value is -2.32. The minimum Gasteiger partial charge on any atom is -0.480 e. The molecule has 1 heterocycles. The van der Waals surface area contributed by atoms with E-state index >= 15 is 0 Å². The molecule has 1 aromatic carbocycles. The van der Waals surface area contributed by atoms with Crippen LogP contribution in [0.2, 0.25) is 0 Å². The van der Waals surface area contributed by atoms with E-state index in [1.165, 1.54) is 0 Å². The van der Waals surface area contributed by atoms with Gasteiger partial charge in [-0.15, -0.1) is 0 Å². The zero-order chi connectivity index (χ0) is 23.6. The van der Waals surface area contributed by atoms with Gasteiger partial charge in [0, 0.05) is 0 Å². The van der Waals surface area contributed by atoms with Crippen LogP contribution in [0.3, 0.4) is 0 Å². The maximum absolute atomic E-state index is 11.9. The summed E-state index contributed by atoms with van der Waals surface area (Å²) < 4.78 is 17.4. The summed E-state index contributed by atoms with van der Waals surface area (Å²) in [6.45, 7) is 15.2. The summed E-state index contributed by atoms with van der Waals surface area (Å²) in [7, 11) is -0.474. The number of carbonyl (C=O) groups is 2. The van der Waals surface area contributed by atoms with Crippen molar-refractivity contribution in [2.75, 3.05) is 0 Å². The van der Waals surface area contributed by atoms with Crippen molar-refractivity contribution < 1.29 is 28.7 Å². The largest absolute Gasteiger partial charge is 0.494 e. The maximum Gasteiger partial charge on any atom is 0.494 e. The molecule has 0 spiro atoms. The van der Waals surface area contributed by atoms with Gasteiger partial charge in [-0.05, 0) is 78.4 Å². The van der Waals surface area contributed by atoms with Crippen molar-refractivity contribution in [3.63, 3.8) is 0 Å². The van der Waals surface area contributed by atoms with E-state index in [9.17, 15) is 14.7 Å². The Kier molecular flexibility index (Phi) is 7.28. The molecule has 0 aromatic heterocycles. The molecule has 0 radical (unpaired) electrons. The minimum atomic E-state index is -1.13. The number of rotatable bonds is 6. The summed E-state index contributed by atoms with van der Waals surface area (Å²) in [6.07, 6.45) is 2.94. The number of nitrogens with one attached hydrogen (secondary N) is 1. The van der Waals surface area contributed by atoms with Crippen molar-refractivity contribution in [3.8, 4) is 0 Å². The lowest BCUT2D eigenvalue weighted by Crippen LogP contribution is -2.43. The van der Waals surface area contributed by atoms with Crippen LogP contribution >= 0.6 is 0 Å². The number of carbonyl (C=O) groups excluding carboxylic acids is 1. The van der Waals surface area contributed by atoms with E-state index < -0.39 is 42.0 Å². The highest BCUT2D eigenvalue weighted by Crippen LogP contribution is 2.36. The fourth-order valence-corrected chi connectivity index (χ4v) is 2.97. The van der Waals surface area contributed by atoms with Crippen molar-refractivity contribution >= 4 is 30.7 Å². The van der Waals surface area contributed by atoms with E-state index in [0.29, 0.717) is 0 Å². The van der Waals surface area contributed by atoms with E-state index in [1.807, 2.05) is 58.9 Å². The van der Waals surface area contributed by atoms with E-state index in [2.05, 4.69) is 5.32 Å². The number of alkyl carbamates (subject to hydrolysis) is 1. The third kappa shape index (κ3) is 6.58. The molecule has 7 nitrogen and oxygen atoms in total. The lowest BCUT2D eigenvalue weighted by atomic mass is 9.77. The first-order valence-corrected chi connectivity index (χ1v) is 10.5. The number of carboxylic acids is 1. The fourth-order valence-electron chi connectivity index (χ4n) is 2.97. The first kappa shape index (κ1) is 24.9. The number of amides is 1. The molecule has 0 saturated carbocycles. The van der Waals surface area contributed by atoms with E-state index in [4.69, 9.17) is 14.0 Å². The minimum absolute atomic E-state index is 0.120. The Bertz CT molecular complexity index is 840. The van der Waals surface area contributed by atoms with E-state index in [0.717, 1.165) is 16.6 Å². The molecule has 2 rings (SSSR count). The Morgan fingerprint density at radius 3 is 2.29 bits per heavy atom. The summed E-state index contributed by atoms with van der Waals surface area (Å²) in [6, 6.07) is 4.84. The molecular formula is C23H34BNO6. The molecule has 8 heteroatoms. The average molecular weight is 431 g/mol. The first-order chi connectivity index (χ1) is 14.1. The van der Waals surface area contributed by atoms with E-state index in [-0.39, 0.29) is 6.42 Å². The molecule has 1 amide bonds. The highest BCUT2D eigenvalue weighted by atomic mass is 16.7. The zero-order valence-electron chi connectivity index (χ0n) is 19.7. The quantitative estimate of drug-likeness (QED) is 0.668. The Morgan fingerprint density at radius 1 is 1.19 bits per heavy atom. The van der Waals surface area contributed by atoms with Gasteiger partial charge >= 0.3 is 19.2 Å². The zero-order valence-corrected chi connectivity index (χ0v) is 19.7. The standard InChI is InChI=1S/C23H34BNO6/c1-15-12-13-17(24-30-22(5,6)23(7,8)31-24)14-16(15)10-9-11-18(19(26)27)25-20(28)29-21(2,3)4/h9-10,12-14,18H,11H2,1-8H3,(H,25,28)(H,26,27)/b10-9+/t18-/m0/s1. The van der Waals surface area contributed by atoms with E-state index in [1.54, 1.807) is 26.8 Å². The summed E-state index contributed by atoms with van der Waals surface area (Å²) in [5, 5.41) is 11.8. The topological polar surface area (TPSA) is 94.1 Å². The number of aryl methyl sites for hydroxylation is 1. The summed E-state index contributed by atoms with van der Waals surface area (Å²) in [5.74, 6) is -1.13. The molecule has 1 aromatic rings. The number of carboxylic acid groups (broad SMARTS) is 1. The average Bonchev–Trinajstić information content (AvgIpc) is 2.81. The van der Waals surface area contributed by atoms with Gasteiger partial charge in [0.25, 0.3) is 0 Å². The number of benzene rings is 1. The SMILES string of the molecule is Cc1ccc(B2OC(C)(C)C(C)(C)O2)cc1/C=C/C[C@H](NC(=O)OC(C)(C)C)C(=O)O. The smallest absolute Gasteiger partial charge is 0.480 e. The van der Waals surface area contributed by atoms with Crippen LogP contribution in [0, 0.1) is 6.92 Å². The van der Waals surface area contributed by atoms with Crippen LogP contribution in [0.4, 0.5) is 4.79 Å². The van der Waals surface area contributed by atoms with Gasteiger partial charge in [0.15, 0.2) is 0 Å². The normalized spacial score (nSPS) is 18.8. The third-order valence-corrected chi connectivity index (χ3v) is 5.49. The molecule has 170 valence electrons. The molecular weight excluding hydrogens is 397 g/mol. The third-order valence-electron chi connectivity index (χ3n) is 5.49. The second-order valence-corrected chi connectivity index (χ2v) is 9.88. The maximum atomic E-state index is 11.9. The van der Waals surface area contributed by atoms with Gasteiger partial charge in [-0.25, -0.2) is 9.59 Å². The lowest BCUT2D eigenvalue weighted by Gasteiger charge is -2.32. The number of aliphatic carboxylic acids is 1. The Morgan fingerprint density at radius 2 is 1.77 bits per heavy atom. The second kappa shape index (κ2) is 9.05. The first-order valence-electron chi connectivity index (χ1n) is 10.5. The van der Waals surface area contributed by atoms with Crippen molar-refractivity contribution in [1.29, 1.82) is 0 Å². The van der Waals surface area contributed by atoms with Crippen molar-refractivity contribution in [1.82, 2.24) is 5.32 Å². The van der Waals surface area contributed by atoms with Crippen molar-refractivity contribution in [2.45, 2.75) is 84.7 Å². The molecule has 1 saturated heterocycles. The van der Waals surface area contributed by atoms with Crippen LogP contribution in [-0.2, 0) is 18.8 Å². The molecule has 1 atom stereocenters. The van der Waals surface area contributed by atoms with Gasteiger partial charge < -0.3 is 24.5 Å². The Labute approximate surface area is 185 Å². The highest BCUT2D eigenvalue weighted by molar-refractivity contribution is 6.62. The van der Waals surface area contributed by atoms with Crippen LogP contribution in [0.1, 0.15) is 66.0 Å². The van der Waals surface area contributed by atoms with Gasteiger partial charge in [0.05, 0.1) is 11.2 Å². The van der Waals surface area contributed by atoms with Crippen LogP contribution in [0.5, 0.6) is 0 Å². The second-order valence-electron chi connectivity index (χ2n) is 9.88. The molecule has 1 aliphatic rings. The van der Waals surface area contributed by atoms with Crippen LogP contribution in [-0.4, -0.2) is 47.1 Å². The molecule has 1 fully saturated rings. The van der Waals surface area contributed by atoms with Gasteiger partial charge in [-0.3, -0.25) is 0 Å². The number of ether oxygens (including phenoxy) is 1. The highest BCUT2D eigenvalue weighted by Gasteiger charge is 2.51. The molecule has 1 aliphatic heterocycles.